The number of ether oxygens (including phenoxy) is 1. The highest BCUT2D eigenvalue weighted by atomic mass is 19.4. The van der Waals surface area contributed by atoms with Crippen molar-refractivity contribution in [3.8, 4) is 5.75 Å². The summed E-state index contributed by atoms with van der Waals surface area (Å²) in [6, 6.07) is 12.6. The molecule has 2 aromatic carbocycles. The number of nitrogens with zero attached hydrogens (tertiary/aromatic N) is 1. The van der Waals surface area contributed by atoms with Crippen molar-refractivity contribution in [3.63, 3.8) is 0 Å². The minimum Gasteiger partial charge on any atom is -0.484 e. The Balaban J connectivity index is 1.86. The van der Waals surface area contributed by atoms with Crippen molar-refractivity contribution in [2.45, 2.75) is 19.3 Å². The van der Waals surface area contributed by atoms with Crippen LogP contribution in [0.2, 0.25) is 0 Å². The fraction of sp³-hybridized carbons (Fsp3) is 0.278. The van der Waals surface area contributed by atoms with Crippen LogP contribution >= 0.6 is 0 Å². The first-order valence-electron chi connectivity index (χ1n) is 7.83. The van der Waals surface area contributed by atoms with Crippen LogP contribution in [0.4, 0.5) is 17.6 Å². The third-order valence-electron chi connectivity index (χ3n) is 3.33. The van der Waals surface area contributed by atoms with Crippen molar-refractivity contribution >= 4 is 5.96 Å². The lowest BCUT2D eigenvalue weighted by Crippen LogP contribution is -2.36. The van der Waals surface area contributed by atoms with E-state index >= 15 is 0 Å². The molecule has 0 amide bonds. The van der Waals surface area contributed by atoms with Gasteiger partial charge in [0.1, 0.15) is 11.6 Å². The maximum atomic E-state index is 13.2. The molecule has 0 atom stereocenters. The molecular formula is C18H19F4N3O. The second-order valence-corrected chi connectivity index (χ2v) is 5.46. The number of halogens is 4. The number of alkyl halides is 3. The summed E-state index contributed by atoms with van der Waals surface area (Å²) < 4.78 is 54.5. The molecule has 0 saturated heterocycles. The van der Waals surface area contributed by atoms with E-state index in [1.165, 1.54) is 24.3 Å². The molecule has 2 N–H and O–H groups in total. The monoisotopic (exact) mass is 369 g/mol. The summed E-state index contributed by atoms with van der Waals surface area (Å²) in [6.45, 7) is -0.612. The predicted octanol–water partition coefficient (Wildman–Crippen LogP) is 3.63. The van der Waals surface area contributed by atoms with E-state index in [1.54, 1.807) is 31.3 Å². The minimum atomic E-state index is -4.38. The zero-order chi connectivity index (χ0) is 19.0. The van der Waals surface area contributed by atoms with Crippen LogP contribution in [-0.2, 0) is 13.1 Å². The van der Waals surface area contributed by atoms with Crippen molar-refractivity contribution in [1.29, 1.82) is 0 Å². The van der Waals surface area contributed by atoms with Crippen LogP contribution in [0.15, 0.2) is 53.5 Å². The van der Waals surface area contributed by atoms with E-state index in [0.717, 1.165) is 11.1 Å². The largest absolute Gasteiger partial charge is 0.484 e. The summed E-state index contributed by atoms with van der Waals surface area (Å²) in [5, 5.41) is 6.07. The summed E-state index contributed by atoms with van der Waals surface area (Å²) in [5.41, 5.74) is 1.49. The van der Waals surface area contributed by atoms with Gasteiger partial charge in [0.15, 0.2) is 12.6 Å². The normalized spacial score (nSPS) is 12.0. The van der Waals surface area contributed by atoms with Crippen molar-refractivity contribution in [3.05, 3.63) is 65.5 Å². The van der Waals surface area contributed by atoms with Gasteiger partial charge < -0.3 is 15.4 Å². The Bertz CT molecular complexity index is 747. The van der Waals surface area contributed by atoms with Gasteiger partial charge >= 0.3 is 6.18 Å². The third kappa shape index (κ3) is 7.00. The predicted molar refractivity (Wildman–Crippen MR) is 91.4 cm³/mol. The average molecular weight is 369 g/mol. The number of benzene rings is 2. The van der Waals surface area contributed by atoms with Gasteiger partial charge in [-0.1, -0.05) is 24.3 Å². The second kappa shape index (κ2) is 9.07. The van der Waals surface area contributed by atoms with Gasteiger partial charge in [-0.25, -0.2) is 4.39 Å². The Morgan fingerprint density at radius 3 is 2.19 bits per heavy atom. The molecule has 0 unspecified atom stereocenters. The van der Waals surface area contributed by atoms with Crippen molar-refractivity contribution in [1.82, 2.24) is 10.6 Å². The molecule has 0 aliphatic rings. The fourth-order valence-electron chi connectivity index (χ4n) is 2.15. The Morgan fingerprint density at radius 1 is 1.00 bits per heavy atom. The van der Waals surface area contributed by atoms with Crippen LogP contribution in [0.25, 0.3) is 0 Å². The van der Waals surface area contributed by atoms with Crippen molar-refractivity contribution in [2.24, 2.45) is 4.99 Å². The van der Waals surface area contributed by atoms with Crippen molar-refractivity contribution < 1.29 is 22.3 Å². The molecule has 0 saturated carbocycles. The Morgan fingerprint density at radius 2 is 1.62 bits per heavy atom. The molecule has 0 fully saturated rings. The molecule has 26 heavy (non-hydrogen) atoms. The highest BCUT2D eigenvalue weighted by Gasteiger charge is 2.28. The van der Waals surface area contributed by atoms with Crippen LogP contribution in [0.5, 0.6) is 5.75 Å². The quantitative estimate of drug-likeness (QED) is 0.464. The van der Waals surface area contributed by atoms with Gasteiger partial charge in [-0.3, -0.25) is 4.99 Å². The number of guanidine groups is 1. The lowest BCUT2D eigenvalue weighted by Gasteiger charge is -2.13. The number of nitrogens with one attached hydrogen (secondary N) is 2. The van der Waals surface area contributed by atoms with Crippen LogP contribution in [0, 0.1) is 5.82 Å². The molecule has 0 bridgehead atoms. The molecular weight excluding hydrogens is 350 g/mol. The molecule has 0 heterocycles. The SMILES string of the molecule is CN=C(NCc1cccc(F)c1)NCc1cccc(OCC(F)(F)F)c1. The van der Waals surface area contributed by atoms with E-state index in [4.69, 9.17) is 4.74 Å². The van der Waals surface area contributed by atoms with E-state index in [-0.39, 0.29) is 11.6 Å². The molecule has 0 spiro atoms. The molecule has 0 aliphatic heterocycles. The maximum Gasteiger partial charge on any atom is 0.422 e. The molecule has 140 valence electrons. The lowest BCUT2D eigenvalue weighted by atomic mass is 10.2. The summed E-state index contributed by atoms with van der Waals surface area (Å²) in [4.78, 5) is 4.05. The Kier molecular flexibility index (Phi) is 6.82. The van der Waals surface area contributed by atoms with E-state index in [0.29, 0.717) is 19.0 Å². The zero-order valence-corrected chi connectivity index (χ0v) is 14.1. The van der Waals surface area contributed by atoms with Gasteiger partial charge in [0, 0.05) is 20.1 Å². The smallest absolute Gasteiger partial charge is 0.422 e. The number of rotatable bonds is 6. The van der Waals surface area contributed by atoms with Gasteiger partial charge in [-0.2, -0.15) is 13.2 Å². The van der Waals surface area contributed by atoms with Crippen LogP contribution in [0.3, 0.4) is 0 Å². The maximum absolute atomic E-state index is 13.2. The summed E-state index contributed by atoms with van der Waals surface area (Å²) >= 11 is 0. The van der Waals surface area contributed by atoms with Gasteiger partial charge in [0.2, 0.25) is 0 Å². The van der Waals surface area contributed by atoms with E-state index < -0.39 is 12.8 Å². The van der Waals surface area contributed by atoms with Gasteiger partial charge in [0.05, 0.1) is 0 Å². The van der Waals surface area contributed by atoms with E-state index in [9.17, 15) is 17.6 Å². The highest BCUT2D eigenvalue weighted by molar-refractivity contribution is 5.79. The zero-order valence-electron chi connectivity index (χ0n) is 14.1. The van der Waals surface area contributed by atoms with Crippen LogP contribution < -0.4 is 15.4 Å². The first-order valence-corrected chi connectivity index (χ1v) is 7.83. The molecule has 8 heteroatoms. The Hall–Kier alpha value is -2.77. The number of hydrogen-bond acceptors (Lipinski definition) is 2. The first kappa shape index (κ1) is 19.6. The first-order chi connectivity index (χ1) is 12.4. The summed E-state index contributed by atoms with van der Waals surface area (Å²) in [7, 11) is 1.59. The molecule has 0 aromatic heterocycles. The van der Waals surface area contributed by atoms with E-state index in [2.05, 4.69) is 15.6 Å². The number of aliphatic imine (C=N–C) groups is 1. The fourth-order valence-corrected chi connectivity index (χ4v) is 2.15. The Labute approximate surface area is 148 Å². The number of hydrogen-bond donors (Lipinski definition) is 2. The highest BCUT2D eigenvalue weighted by Crippen LogP contribution is 2.19. The van der Waals surface area contributed by atoms with Crippen LogP contribution in [-0.4, -0.2) is 25.8 Å². The van der Waals surface area contributed by atoms with Gasteiger partial charge in [0.25, 0.3) is 0 Å². The minimum absolute atomic E-state index is 0.143. The molecule has 0 radical (unpaired) electrons. The molecule has 2 aromatic rings. The van der Waals surface area contributed by atoms with Gasteiger partial charge in [-0.15, -0.1) is 0 Å². The third-order valence-corrected chi connectivity index (χ3v) is 3.33. The molecule has 2 rings (SSSR count). The summed E-state index contributed by atoms with van der Waals surface area (Å²) in [6.07, 6.45) is -4.38. The molecule has 0 aliphatic carbocycles. The molecule has 4 nitrogen and oxygen atoms in total. The lowest BCUT2D eigenvalue weighted by molar-refractivity contribution is -0.153. The standard InChI is InChI=1S/C18H19F4N3O/c1-23-17(24-10-13-4-2-6-15(19)8-13)25-11-14-5-3-7-16(9-14)26-12-18(20,21)22/h2-9H,10-12H2,1H3,(H2,23,24,25). The second-order valence-electron chi connectivity index (χ2n) is 5.46. The average Bonchev–Trinajstić information content (AvgIpc) is 2.60. The topological polar surface area (TPSA) is 45.7 Å². The summed E-state index contributed by atoms with van der Waals surface area (Å²) in [5.74, 6) is 0.308. The van der Waals surface area contributed by atoms with E-state index in [1.807, 2.05) is 0 Å². The van der Waals surface area contributed by atoms with Gasteiger partial charge in [-0.05, 0) is 35.4 Å². The van der Waals surface area contributed by atoms with Crippen molar-refractivity contribution in [2.75, 3.05) is 13.7 Å². The van der Waals surface area contributed by atoms with Crippen LogP contribution in [0.1, 0.15) is 11.1 Å².